The van der Waals surface area contributed by atoms with Crippen LogP contribution < -0.4 is 0 Å². The molecule has 0 aliphatic carbocycles. The molecule has 0 amide bonds. The molecule has 25 heavy (non-hydrogen) atoms. The van der Waals surface area contributed by atoms with Crippen molar-refractivity contribution >= 4 is 34.4 Å². The number of ether oxygens (including phenoxy) is 1. The van der Waals surface area contributed by atoms with Gasteiger partial charge < -0.3 is 4.74 Å². The molecule has 0 aliphatic rings. The Balaban J connectivity index is 1.71. The van der Waals surface area contributed by atoms with Gasteiger partial charge in [0.25, 0.3) is 0 Å². The summed E-state index contributed by atoms with van der Waals surface area (Å²) in [5.41, 5.74) is 0.934. The summed E-state index contributed by atoms with van der Waals surface area (Å²) in [7, 11) is 0. The number of hydrogen-bond acceptors (Lipinski definition) is 6. The fourth-order valence-electron chi connectivity index (χ4n) is 2.08. The molecule has 0 N–H and O–H groups in total. The first-order valence-corrected chi connectivity index (χ1v) is 8.87. The van der Waals surface area contributed by atoms with E-state index in [4.69, 9.17) is 4.74 Å². The van der Waals surface area contributed by atoms with Gasteiger partial charge in [-0.05, 0) is 36.6 Å². The molecule has 4 nitrogen and oxygen atoms in total. The number of nitrogens with zero attached hydrogens (tertiary/aromatic N) is 1. The molecule has 1 aromatic carbocycles. The monoisotopic (exact) mass is 379 g/mol. The van der Waals surface area contributed by atoms with Gasteiger partial charge in [-0.2, -0.15) is 11.3 Å². The second-order valence-electron chi connectivity index (χ2n) is 5.07. The summed E-state index contributed by atoms with van der Waals surface area (Å²) < 4.78 is 31.6. The van der Waals surface area contributed by atoms with Crippen molar-refractivity contribution in [3.05, 3.63) is 62.8 Å². The van der Waals surface area contributed by atoms with Crippen molar-refractivity contribution in [1.82, 2.24) is 4.98 Å². The zero-order valence-electron chi connectivity index (χ0n) is 12.9. The van der Waals surface area contributed by atoms with E-state index in [0.29, 0.717) is 10.7 Å². The van der Waals surface area contributed by atoms with Gasteiger partial charge in [0, 0.05) is 10.9 Å². The smallest absolute Gasteiger partial charge is 0.350 e. The number of ketones is 1. The highest BCUT2D eigenvalue weighted by Gasteiger charge is 2.20. The van der Waals surface area contributed by atoms with Gasteiger partial charge in [-0.15, -0.1) is 11.3 Å². The number of aromatic nitrogens is 1. The van der Waals surface area contributed by atoms with Gasteiger partial charge in [0.05, 0.1) is 11.3 Å². The average Bonchev–Trinajstić information content (AvgIpc) is 3.24. The first-order chi connectivity index (χ1) is 12.0. The second kappa shape index (κ2) is 7.20. The third kappa shape index (κ3) is 3.80. The first kappa shape index (κ1) is 17.4. The minimum atomic E-state index is -0.865. The van der Waals surface area contributed by atoms with Crippen molar-refractivity contribution in [1.29, 1.82) is 0 Å². The Hall–Kier alpha value is -2.45. The van der Waals surface area contributed by atoms with Crippen LogP contribution in [0.15, 0.2) is 35.0 Å². The molecule has 8 heteroatoms. The maximum Gasteiger partial charge on any atom is 0.350 e. The van der Waals surface area contributed by atoms with E-state index in [0.717, 1.165) is 35.1 Å². The lowest BCUT2D eigenvalue weighted by Gasteiger charge is -2.04. The van der Waals surface area contributed by atoms with Gasteiger partial charge in [0.2, 0.25) is 5.78 Å². The maximum atomic E-state index is 13.6. The number of carbonyl (C=O) groups excluding carboxylic acids is 2. The van der Waals surface area contributed by atoms with Crippen LogP contribution in [0.2, 0.25) is 0 Å². The molecule has 3 aromatic rings. The third-order valence-corrected chi connectivity index (χ3v) is 5.18. The molecule has 0 unspecified atom stereocenters. The summed E-state index contributed by atoms with van der Waals surface area (Å²) in [4.78, 5) is 28.7. The van der Waals surface area contributed by atoms with Crippen molar-refractivity contribution < 1.29 is 23.1 Å². The molecule has 3 rings (SSSR count). The molecule has 0 fully saturated rings. The van der Waals surface area contributed by atoms with E-state index in [-0.39, 0.29) is 4.88 Å². The number of rotatable bonds is 5. The van der Waals surface area contributed by atoms with Crippen molar-refractivity contribution in [3.8, 4) is 10.6 Å². The fourth-order valence-corrected chi connectivity index (χ4v) is 3.75. The van der Waals surface area contributed by atoms with Crippen molar-refractivity contribution in [3.63, 3.8) is 0 Å². The SMILES string of the molecule is Cc1nc(-c2ccsc2)sc1C(=O)OCC(=O)c1cc(F)ccc1F. The normalized spacial score (nSPS) is 10.7. The highest BCUT2D eigenvalue weighted by Crippen LogP contribution is 2.29. The highest BCUT2D eigenvalue weighted by molar-refractivity contribution is 7.17. The molecule has 0 aliphatic heterocycles. The van der Waals surface area contributed by atoms with Crippen LogP contribution in [0.5, 0.6) is 0 Å². The Labute approximate surface area is 149 Å². The first-order valence-electron chi connectivity index (χ1n) is 7.11. The van der Waals surface area contributed by atoms with Crippen molar-refractivity contribution in [2.45, 2.75) is 6.92 Å². The van der Waals surface area contributed by atoms with Gasteiger partial charge in [0.15, 0.2) is 6.61 Å². The average molecular weight is 379 g/mol. The molecule has 0 bridgehead atoms. The molecule has 0 radical (unpaired) electrons. The zero-order valence-corrected chi connectivity index (χ0v) is 14.5. The van der Waals surface area contributed by atoms with Crippen molar-refractivity contribution in [2.75, 3.05) is 6.61 Å². The molecule has 128 valence electrons. The van der Waals surface area contributed by atoms with Gasteiger partial charge in [-0.25, -0.2) is 18.6 Å². The minimum absolute atomic E-state index is 0.272. The maximum absolute atomic E-state index is 13.6. The molecule has 0 spiro atoms. The molecule has 2 aromatic heterocycles. The number of halogens is 2. The Morgan fingerprint density at radius 1 is 1.24 bits per heavy atom. The largest absolute Gasteiger partial charge is 0.453 e. The summed E-state index contributed by atoms with van der Waals surface area (Å²) in [6.07, 6.45) is 0. The van der Waals surface area contributed by atoms with E-state index < -0.39 is 35.6 Å². The van der Waals surface area contributed by atoms with Crippen LogP contribution in [0, 0.1) is 18.6 Å². The predicted octanol–water partition coefficient (Wildman–Crippen LogP) is 4.50. The number of thiophene rings is 1. The second-order valence-corrected chi connectivity index (χ2v) is 6.85. The summed E-state index contributed by atoms with van der Waals surface area (Å²) in [6, 6.07) is 4.42. The minimum Gasteiger partial charge on any atom is -0.453 e. The number of thiazole rings is 1. The Kier molecular flexibility index (Phi) is 5.00. The predicted molar refractivity (Wildman–Crippen MR) is 91.1 cm³/mol. The summed E-state index contributed by atoms with van der Waals surface area (Å²) in [6.45, 7) is 0.987. The van der Waals surface area contributed by atoms with Crippen LogP contribution in [0.3, 0.4) is 0 Å². The van der Waals surface area contributed by atoms with Crippen LogP contribution in [0.25, 0.3) is 10.6 Å². The topological polar surface area (TPSA) is 56.3 Å². The van der Waals surface area contributed by atoms with Crippen LogP contribution in [0.4, 0.5) is 8.78 Å². The summed E-state index contributed by atoms with van der Waals surface area (Å²) in [5, 5.41) is 4.48. The standard InChI is InChI=1S/C17H11F2NO3S2/c1-9-15(25-16(20-9)10-4-5-24-8-10)17(22)23-7-14(21)12-6-11(18)2-3-13(12)19/h2-6,8H,7H2,1H3. The number of hydrogen-bond donors (Lipinski definition) is 0. The summed E-state index contributed by atoms with van der Waals surface area (Å²) >= 11 is 2.67. The van der Waals surface area contributed by atoms with Crippen molar-refractivity contribution in [2.24, 2.45) is 0 Å². The van der Waals surface area contributed by atoms with Gasteiger partial charge in [-0.1, -0.05) is 0 Å². The van der Waals surface area contributed by atoms with Gasteiger partial charge in [0.1, 0.15) is 21.5 Å². The Bertz CT molecular complexity index is 936. The molecular weight excluding hydrogens is 368 g/mol. The summed E-state index contributed by atoms with van der Waals surface area (Å²) in [5.74, 6) is -3.14. The lowest BCUT2D eigenvalue weighted by molar-refractivity contribution is 0.0477. The van der Waals surface area contributed by atoms with E-state index in [1.165, 1.54) is 11.3 Å². The van der Waals surface area contributed by atoms with E-state index in [1.807, 2.05) is 16.8 Å². The van der Waals surface area contributed by atoms with E-state index in [1.54, 1.807) is 6.92 Å². The number of aryl methyl sites for hydroxylation is 1. The number of carbonyl (C=O) groups is 2. The lowest BCUT2D eigenvalue weighted by Crippen LogP contribution is -2.15. The fraction of sp³-hybridized carbons (Fsp3) is 0.118. The number of esters is 1. The lowest BCUT2D eigenvalue weighted by atomic mass is 10.1. The van der Waals surface area contributed by atoms with Crippen LogP contribution in [0.1, 0.15) is 25.7 Å². The quantitative estimate of drug-likeness (QED) is 0.484. The van der Waals surface area contributed by atoms with Gasteiger partial charge >= 0.3 is 5.97 Å². The Morgan fingerprint density at radius 2 is 2.04 bits per heavy atom. The van der Waals surface area contributed by atoms with Gasteiger partial charge in [-0.3, -0.25) is 4.79 Å². The molecule has 0 atom stereocenters. The third-order valence-electron chi connectivity index (χ3n) is 3.31. The Morgan fingerprint density at radius 3 is 2.76 bits per heavy atom. The van der Waals surface area contributed by atoms with E-state index >= 15 is 0 Å². The van der Waals surface area contributed by atoms with E-state index in [2.05, 4.69) is 4.98 Å². The van der Waals surface area contributed by atoms with Crippen LogP contribution in [-0.2, 0) is 4.74 Å². The highest BCUT2D eigenvalue weighted by atomic mass is 32.1. The van der Waals surface area contributed by atoms with Crippen LogP contribution in [-0.4, -0.2) is 23.3 Å². The number of Topliss-reactive ketones (excluding diaryl/α,β-unsaturated/α-hetero) is 1. The molecule has 2 heterocycles. The molecule has 0 saturated heterocycles. The van der Waals surface area contributed by atoms with E-state index in [9.17, 15) is 18.4 Å². The van der Waals surface area contributed by atoms with Crippen LogP contribution >= 0.6 is 22.7 Å². The zero-order chi connectivity index (χ0) is 18.0. The molecular formula is C17H11F2NO3S2. The number of benzene rings is 1. The molecule has 0 saturated carbocycles.